The molecule has 1 heterocycles. The number of nitro groups is 1. The molecule has 0 saturated heterocycles. The van der Waals surface area contributed by atoms with Gasteiger partial charge in [-0.25, -0.2) is 0 Å². The van der Waals surface area contributed by atoms with E-state index in [0.717, 1.165) is 0 Å². The van der Waals surface area contributed by atoms with Gasteiger partial charge in [0.2, 0.25) is 0 Å². The van der Waals surface area contributed by atoms with E-state index < -0.39 is 4.92 Å². The molecule has 0 radical (unpaired) electrons. The van der Waals surface area contributed by atoms with E-state index in [0.29, 0.717) is 16.8 Å². The monoisotopic (exact) mass is 294 g/mol. The second kappa shape index (κ2) is 5.25. The number of anilines is 1. The van der Waals surface area contributed by atoms with Crippen molar-refractivity contribution in [3.63, 3.8) is 0 Å². The second-order valence-corrected chi connectivity index (χ2v) is 4.73. The minimum absolute atomic E-state index is 0.0897. The number of non-ortho nitro benzene ring substituents is 1. The Morgan fingerprint density at radius 3 is 2.45 bits per heavy atom. The Hall–Kier alpha value is -3.28. The summed E-state index contributed by atoms with van der Waals surface area (Å²) >= 11 is 0. The average Bonchev–Trinajstić information content (AvgIpc) is 2.83. The van der Waals surface area contributed by atoms with Crippen LogP contribution in [0.25, 0.3) is 5.57 Å². The summed E-state index contributed by atoms with van der Waals surface area (Å²) in [4.78, 5) is 34.2. The fraction of sp³-hybridized carbons (Fsp3) is 0. The van der Waals surface area contributed by atoms with Crippen LogP contribution < -0.4 is 5.32 Å². The SMILES string of the molecule is O=C1Nc2ccccc2/C1=C\C(=O)c1ccc([N+](=O)[O-])cc1. The molecule has 0 fully saturated rings. The summed E-state index contributed by atoms with van der Waals surface area (Å²) in [6.07, 6.45) is 1.25. The molecule has 0 unspecified atom stereocenters. The number of amides is 1. The summed E-state index contributed by atoms with van der Waals surface area (Å²) in [7, 11) is 0. The maximum atomic E-state index is 12.2. The Morgan fingerprint density at radius 1 is 1.09 bits per heavy atom. The predicted octanol–water partition coefficient (Wildman–Crippen LogP) is 2.81. The minimum Gasteiger partial charge on any atom is -0.321 e. The van der Waals surface area contributed by atoms with Gasteiger partial charge in [0, 0.05) is 28.9 Å². The highest BCUT2D eigenvalue weighted by molar-refractivity contribution is 6.35. The number of carbonyl (C=O) groups excluding carboxylic acids is 2. The van der Waals surface area contributed by atoms with E-state index in [9.17, 15) is 19.7 Å². The maximum absolute atomic E-state index is 12.2. The summed E-state index contributed by atoms with van der Waals surface area (Å²) in [5.41, 5.74) is 1.82. The lowest BCUT2D eigenvalue weighted by Gasteiger charge is -1.99. The number of hydrogen-bond acceptors (Lipinski definition) is 4. The van der Waals surface area contributed by atoms with Crippen molar-refractivity contribution in [1.29, 1.82) is 0 Å². The number of fused-ring (bicyclic) bond motifs is 1. The zero-order chi connectivity index (χ0) is 15.7. The smallest absolute Gasteiger partial charge is 0.269 e. The Bertz CT molecular complexity index is 822. The third-order valence-corrected chi connectivity index (χ3v) is 3.35. The van der Waals surface area contributed by atoms with Crippen LogP contribution in [-0.2, 0) is 4.79 Å². The molecule has 0 bridgehead atoms. The van der Waals surface area contributed by atoms with Crippen LogP contribution in [0.4, 0.5) is 11.4 Å². The van der Waals surface area contributed by atoms with Gasteiger partial charge < -0.3 is 5.32 Å². The van der Waals surface area contributed by atoms with Crippen LogP contribution in [0, 0.1) is 10.1 Å². The van der Waals surface area contributed by atoms with Crippen molar-refractivity contribution in [2.45, 2.75) is 0 Å². The van der Waals surface area contributed by atoms with Gasteiger partial charge in [-0.3, -0.25) is 19.7 Å². The summed E-state index contributed by atoms with van der Waals surface area (Å²) < 4.78 is 0. The van der Waals surface area contributed by atoms with E-state index in [1.165, 1.54) is 30.3 Å². The molecule has 1 amide bonds. The number of ketones is 1. The first kappa shape index (κ1) is 13.7. The highest BCUT2D eigenvalue weighted by Crippen LogP contribution is 2.31. The number of para-hydroxylation sites is 1. The molecular weight excluding hydrogens is 284 g/mol. The lowest BCUT2D eigenvalue weighted by Crippen LogP contribution is -2.06. The molecule has 108 valence electrons. The number of nitrogens with one attached hydrogen (secondary N) is 1. The minimum atomic E-state index is -0.534. The summed E-state index contributed by atoms with van der Waals surface area (Å²) in [5.74, 6) is -0.715. The Labute approximate surface area is 125 Å². The van der Waals surface area contributed by atoms with Crippen molar-refractivity contribution in [3.05, 3.63) is 75.8 Å². The molecule has 6 heteroatoms. The van der Waals surface area contributed by atoms with Crippen LogP contribution in [0.2, 0.25) is 0 Å². The molecule has 0 aromatic heterocycles. The number of rotatable bonds is 3. The number of nitrogens with zero attached hydrogens (tertiary/aromatic N) is 1. The third kappa shape index (κ3) is 2.37. The van der Waals surface area contributed by atoms with Gasteiger partial charge in [-0.2, -0.15) is 0 Å². The molecule has 2 aromatic carbocycles. The van der Waals surface area contributed by atoms with Crippen LogP contribution in [0.3, 0.4) is 0 Å². The Kier molecular flexibility index (Phi) is 3.27. The van der Waals surface area contributed by atoms with Crippen LogP contribution in [0.5, 0.6) is 0 Å². The van der Waals surface area contributed by atoms with Gasteiger partial charge in [-0.15, -0.1) is 0 Å². The standard InChI is InChI=1S/C16H10N2O4/c19-15(10-5-7-11(8-6-10)18(21)22)9-13-12-3-1-2-4-14(12)17-16(13)20/h1-9H,(H,17,20)/b13-9+. The molecule has 2 aromatic rings. The molecule has 6 nitrogen and oxygen atoms in total. The highest BCUT2D eigenvalue weighted by Gasteiger charge is 2.24. The van der Waals surface area contributed by atoms with E-state index in [1.54, 1.807) is 24.3 Å². The van der Waals surface area contributed by atoms with E-state index in [-0.39, 0.29) is 22.9 Å². The van der Waals surface area contributed by atoms with Gasteiger partial charge in [-0.05, 0) is 24.3 Å². The first-order valence-electron chi connectivity index (χ1n) is 6.47. The topological polar surface area (TPSA) is 89.3 Å². The molecule has 1 N–H and O–H groups in total. The Balaban J connectivity index is 1.93. The van der Waals surface area contributed by atoms with Crippen LogP contribution in [0.15, 0.2) is 54.6 Å². The molecule has 0 spiro atoms. The van der Waals surface area contributed by atoms with Crippen LogP contribution in [0.1, 0.15) is 15.9 Å². The average molecular weight is 294 g/mol. The van der Waals surface area contributed by atoms with Gasteiger partial charge in [-0.1, -0.05) is 18.2 Å². The maximum Gasteiger partial charge on any atom is 0.269 e. The molecule has 22 heavy (non-hydrogen) atoms. The number of nitro benzene ring substituents is 1. The van der Waals surface area contributed by atoms with Gasteiger partial charge in [0.25, 0.3) is 11.6 Å². The summed E-state index contributed by atoms with van der Waals surface area (Å²) in [6, 6.07) is 12.3. The van der Waals surface area contributed by atoms with Crippen molar-refractivity contribution >= 4 is 28.6 Å². The van der Waals surface area contributed by atoms with Crippen molar-refractivity contribution in [2.24, 2.45) is 0 Å². The Morgan fingerprint density at radius 2 is 1.77 bits per heavy atom. The molecular formula is C16H10N2O4. The molecule has 0 saturated carbocycles. The fourth-order valence-electron chi connectivity index (χ4n) is 2.24. The molecule has 0 aliphatic carbocycles. The van der Waals surface area contributed by atoms with Crippen LogP contribution in [-0.4, -0.2) is 16.6 Å². The van der Waals surface area contributed by atoms with E-state index in [1.807, 2.05) is 0 Å². The zero-order valence-corrected chi connectivity index (χ0v) is 11.3. The fourth-order valence-corrected chi connectivity index (χ4v) is 2.24. The van der Waals surface area contributed by atoms with Crippen molar-refractivity contribution in [3.8, 4) is 0 Å². The predicted molar refractivity (Wildman–Crippen MR) is 80.5 cm³/mol. The lowest BCUT2D eigenvalue weighted by atomic mass is 10.0. The molecule has 0 atom stereocenters. The number of hydrogen-bond donors (Lipinski definition) is 1. The van der Waals surface area contributed by atoms with Crippen LogP contribution >= 0.6 is 0 Å². The summed E-state index contributed by atoms with van der Waals surface area (Å²) in [5, 5.41) is 13.3. The third-order valence-electron chi connectivity index (χ3n) is 3.35. The highest BCUT2D eigenvalue weighted by atomic mass is 16.6. The number of allylic oxidation sites excluding steroid dienone is 1. The van der Waals surface area contributed by atoms with Crippen molar-refractivity contribution < 1.29 is 14.5 Å². The largest absolute Gasteiger partial charge is 0.321 e. The molecule has 1 aliphatic heterocycles. The van der Waals surface area contributed by atoms with E-state index >= 15 is 0 Å². The number of carbonyl (C=O) groups is 2. The van der Waals surface area contributed by atoms with Crippen molar-refractivity contribution in [2.75, 3.05) is 5.32 Å². The van der Waals surface area contributed by atoms with Gasteiger partial charge in [0.05, 0.1) is 10.5 Å². The van der Waals surface area contributed by atoms with E-state index in [2.05, 4.69) is 5.32 Å². The zero-order valence-electron chi connectivity index (χ0n) is 11.3. The first-order chi connectivity index (χ1) is 10.6. The van der Waals surface area contributed by atoms with Crippen molar-refractivity contribution in [1.82, 2.24) is 0 Å². The molecule has 3 rings (SSSR count). The summed E-state index contributed by atoms with van der Waals surface area (Å²) in [6.45, 7) is 0. The number of benzene rings is 2. The lowest BCUT2D eigenvalue weighted by molar-refractivity contribution is -0.384. The van der Waals surface area contributed by atoms with Gasteiger partial charge >= 0.3 is 0 Å². The first-order valence-corrected chi connectivity index (χ1v) is 6.47. The quantitative estimate of drug-likeness (QED) is 0.408. The normalized spacial score (nSPS) is 14.5. The molecule has 1 aliphatic rings. The van der Waals surface area contributed by atoms with Gasteiger partial charge in [0.15, 0.2) is 5.78 Å². The second-order valence-electron chi connectivity index (χ2n) is 4.73. The van der Waals surface area contributed by atoms with Gasteiger partial charge in [0.1, 0.15) is 0 Å². The van der Waals surface area contributed by atoms with E-state index in [4.69, 9.17) is 0 Å².